The molecule has 9 heteroatoms. The van der Waals surface area contributed by atoms with E-state index in [2.05, 4.69) is 15.9 Å². The van der Waals surface area contributed by atoms with Gasteiger partial charge in [-0.25, -0.2) is 21.6 Å². The van der Waals surface area contributed by atoms with Gasteiger partial charge in [-0.3, -0.25) is 4.90 Å². The van der Waals surface area contributed by atoms with Crippen LogP contribution in [0.4, 0.5) is 13.2 Å². The van der Waals surface area contributed by atoms with Crippen LogP contribution in [0.3, 0.4) is 0 Å². The molecule has 0 atom stereocenters. The molecular formula is C17H16BrF3N2O2S. The summed E-state index contributed by atoms with van der Waals surface area (Å²) in [5.41, 5.74) is 0.504. The van der Waals surface area contributed by atoms with E-state index in [1.807, 2.05) is 4.90 Å². The van der Waals surface area contributed by atoms with Crippen LogP contribution in [0.2, 0.25) is 0 Å². The van der Waals surface area contributed by atoms with E-state index in [0.29, 0.717) is 29.7 Å². The van der Waals surface area contributed by atoms with Crippen LogP contribution in [0, 0.1) is 17.5 Å². The molecule has 2 aromatic rings. The second kappa shape index (κ2) is 7.67. The van der Waals surface area contributed by atoms with Crippen molar-refractivity contribution in [1.29, 1.82) is 0 Å². The third-order valence-corrected chi connectivity index (χ3v) is 6.70. The minimum absolute atomic E-state index is 0.0776. The third kappa shape index (κ3) is 3.95. The van der Waals surface area contributed by atoms with Crippen molar-refractivity contribution in [3.8, 4) is 0 Å². The molecule has 2 aromatic carbocycles. The summed E-state index contributed by atoms with van der Waals surface area (Å²) in [4.78, 5) is 0.975. The van der Waals surface area contributed by atoms with E-state index in [9.17, 15) is 21.6 Å². The molecule has 0 unspecified atom stereocenters. The first-order chi connectivity index (χ1) is 12.3. The molecule has 1 heterocycles. The van der Waals surface area contributed by atoms with E-state index < -0.39 is 26.6 Å². The summed E-state index contributed by atoms with van der Waals surface area (Å²) in [5.74, 6) is -2.56. The van der Waals surface area contributed by atoms with Gasteiger partial charge in [0.1, 0.15) is 17.5 Å². The van der Waals surface area contributed by atoms with Crippen LogP contribution >= 0.6 is 15.9 Å². The van der Waals surface area contributed by atoms with Crippen molar-refractivity contribution < 1.29 is 21.6 Å². The molecular weight excluding hydrogens is 433 g/mol. The van der Waals surface area contributed by atoms with Gasteiger partial charge in [0.2, 0.25) is 10.0 Å². The lowest BCUT2D eigenvalue weighted by molar-refractivity contribution is 0.179. The van der Waals surface area contributed by atoms with Crippen molar-refractivity contribution in [3.05, 3.63) is 63.9 Å². The molecule has 1 fully saturated rings. The Balaban J connectivity index is 1.70. The molecule has 1 aliphatic heterocycles. The van der Waals surface area contributed by atoms with Crippen LogP contribution in [0.25, 0.3) is 0 Å². The molecule has 4 nitrogen and oxygen atoms in total. The molecule has 26 heavy (non-hydrogen) atoms. The van der Waals surface area contributed by atoms with E-state index >= 15 is 0 Å². The fourth-order valence-corrected chi connectivity index (χ4v) is 4.74. The zero-order chi connectivity index (χ0) is 18.9. The molecule has 0 radical (unpaired) electrons. The Hall–Kier alpha value is -1.42. The van der Waals surface area contributed by atoms with Crippen LogP contribution in [-0.2, 0) is 16.6 Å². The summed E-state index contributed by atoms with van der Waals surface area (Å²) in [6, 6.07) is 7.73. The van der Waals surface area contributed by atoms with Crippen LogP contribution in [0.15, 0.2) is 45.8 Å². The van der Waals surface area contributed by atoms with Gasteiger partial charge in [0, 0.05) is 42.8 Å². The first-order valence-electron chi connectivity index (χ1n) is 7.89. The molecule has 0 N–H and O–H groups in total. The lowest BCUT2D eigenvalue weighted by Crippen LogP contribution is -2.48. The van der Waals surface area contributed by atoms with Gasteiger partial charge in [0.05, 0.1) is 0 Å². The number of rotatable bonds is 4. The van der Waals surface area contributed by atoms with E-state index in [-0.39, 0.29) is 18.9 Å². The summed E-state index contributed by atoms with van der Waals surface area (Å²) in [7, 11) is -4.26. The number of hydrogen-bond donors (Lipinski definition) is 0. The number of benzene rings is 2. The Kier molecular flexibility index (Phi) is 5.71. The summed E-state index contributed by atoms with van der Waals surface area (Å²) in [6.45, 7) is 1.17. The number of halogens is 4. The van der Waals surface area contributed by atoms with E-state index in [1.165, 1.54) is 6.07 Å². The van der Waals surface area contributed by atoms with Gasteiger partial charge in [0.25, 0.3) is 0 Å². The molecule has 3 rings (SSSR count). The highest BCUT2D eigenvalue weighted by Crippen LogP contribution is 2.24. The molecule has 1 saturated heterocycles. The van der Waals surface area contributed by atoms with Gasteiger partial charge >= 0.3 is 0 Å². The summed E-state index contributed by atoms with van der Waals surface area (Å²) in [5, 5.41) is 0. The topological polar surface area (TPSA) is 40.6 Å². The van der Waals surface area contributed by atoms with Gasteiger partial charge in [-0.15, -0.1) is 0 Å². The van der Waals surface area contributed by atoms with Crippen LogP contribution in [-0.4, -0.2) is 43.8 Å². The van der Waals surface area contributed by atoms with Crippen LogP contribution < -0.4 is 0 Å². The monoisotopic (exact) mass is 448 g/mol. The maximum absolute atomic E-state index is 13.9. The third-order valence-electron chi connectivity index (χ3n) is 4.26. The highest BCUT2D eigenvalue weighted by atomic mass is 79.9. The Morgan fingerprint density at radius 2 is 1.54 bits per heavy atom. The minimum Gasteiger partial charge on any atom is -0.296 e. The second-order valence-corrected chi connectivity index (χ2v) is 8.76. The molecule has 140 valence electrons. The van der Waals surface area contributed by atoms with Crippen molar-refractivity contribution in [3.63, 3.8) is 0 Å². The maximum Gasteiger partial charge on any atom is 0.249 e. The van der Waals surface area contributed by atoms with Crippen molar-refractivity contribution >= 4 is 26.0 Å². The summed E-state index contributed by atoms with van der Waals surface area (Å²) < 4.78 is 68.4. The van der Waals surface area contributed by atoms with E-state index in [1.54, 1.807) is 12.1 Å². The predicted octanol–water partition coefficient (Wildman–Crippen LogP) is 3.37. The number of piperazine rings is 1. The Morgan fingerprint density at radius 3 is 2.12 bits per heavy atom. The maximum atomic E-state index is 13.9. The van der Waals surface area contributed by atoms with Crippen molar-refractivity contribution in [2.75, 3.05) is 26.2 Å². The average Bonchev–Trinajstić information content (AvgIpc) is 2.57. The molecule has 0 amide bonds. The van der Waals surface area contributed by atoms with Gasteiger partial charge in [-0.05, 0) is 24.3 Å². The largest absolute Gasteiger partial charge is 0.296 e. The molecule has 0 aromatic heterocycles. The normalized spacial score (nSPS) is 16.8. The molecule has 0 bridgehead atoms. The van der Waals surface area contributed by atoms with Crippen molar-refractivity contribution in [1.82, 2.24) is 9.21 Å². The fourth-order valence-electron chi connectivity index (χ4n) is 2.88. The number of hydrogen-bond acceptors (Lipinski definition) is 3. The lowest BCUT2D eigenvalue weighted by atomic mass is 10.2. The number of nitrogens with zero attached hydrogens (tertiary/aromatic N) is 2. The Labute approximate surface area is 158 Å². The van der Waals surface area contributed by atoms with Crippen molar-refractivity contribution in [2.24, 2.45) is 0 Å². The second-order valence-electron chi connectivity index (χ2n) is 5.97. The predicted molar refractivity (Wildman–Crippen MR) is 94.5 cm³/mol. The molecule has 0 aliphatic carbocycles. The van der Waals surface area contributed by atoms with Gasteiger partial charge < -0.3 is 0 Å². The van der Waals surface area contributed by atoms with Gasteiger partial charge in [0.15, 0.2) is 4.90 Å². The van der Waals surface area contributed by atoms with Crippen LogP contribution in [0.1, 0.15) is 5.56 Å². The van der Waals surface area contributed by atoms with Gasteiger partial charge in [-0.1, -0.05) is 28.1 Å². The highest BCUT2D eigenvalue weighted by molar-refractivity contribution is 9.10. The zero-order valence-corrected chi connectivity index (χ0v) is 16.0. The first-order valence-corrected chi connectivity index (χ1v) is 10.1. The van der Waals surface area contributed by atoms with E-state index in [4.69, 9.17) is 0 Å². The summed E-state index contributed by atoms with van der Waals surface area (Å²) >= 11 is 3.20. The molecule has 1 aliphatic rings. The fraction of sp³-hybridized carbons (Fsp3) is 0.294. The zero-order valence-electron chi connectivity index (χ0n) is 13.6. The first kappa shape index (κ1) is 19.3. The van der Waals surface area contributed by atoms with Crippen LogP contribution in [0.5, 0.6) is 0 Å². The highest BCUT2D eigenvalue weighted by Gasteiger charge is 2.33. The lowest BCUT2D eigenvalue weighted by Gasteiger charge is -2.34. The standard InChI is InChI=1S/C17H16BrF3N2O2S/c18-13-5-4-12(16(21)10-13)11-22-6-8-23(9-7-22)26(24,25)17-14(19)2-1-3-15(17)20/h1-5,10H,6-9,11H2. The Morgan fingerprint density at radius 1 is 0.923 bits per heavy atom. The Bertz CT molecular complexity index is 896. The van der Waals surface area contributed by atoms with Crippen molar-refractivity contribution in [2.45, 2.75) is 11.4 Å². The van der Waals surface area contributed by atoms with E-state index in [0.717, 1.165) is 22.5 Å². The quantitative estimate of drug-likeness (QED) is 0.719. The number of sulfonamides is 1. The summed E-state index contributed by atoms with van der Waals surface area (Å²) in [6.07, 6.45) is 0. The average molecular weight is 449 g/mol. The molecule has 0 saturated carbocycles. The smallest absolute Gasteiger partial charge is 0.249 e. The molecule has 0 spiro atoms. The van der Waals surface area contributed by atoms with Gasteiger partial charge in [-0.2, -0.15) is 4.31 Å². The SMILES string of the molecule is O=S(=O)(c1c(F)cccc1F)N1CCN(Cc2ccc(Br)cc2F)CC1. The minimum atomic E-state index is -4.26.